The second kappa shape index (κ2) is 5.89. The molecule has 114 valence electrons. The summed E-state index contributed by atoms with van der Waals surface area (Å²) in [7, 11) is 1.73. The van der Waals surface area contributed by atoms with Crippen molar-refractivity contribution in [1.29, 1.82) is 0 Å². The van der Waals surface area contributed by atoms with Crippen LogP contribution in [0.25, 0.3) is 0 Å². The molecule has 3 rings (SSSR count). The molecule has 6 nitrogen and oxygen atoms in total. The lowest BCUT2D eigenvalue weighted by Crippen LogP contribution is -2.36. The number of nitrogens with zero attached hydrogens (tertiary/aromatic N) is 3. The maximum Gasteiger partial charge on any atom is 0.315 e. The minimum atomic E-state index is -0.265. The van der Waals surface area contributed by atoms with Crippen molar-refractivity contribution in [2.45, 2.75) is 25.3 Å². The molecule has 2 aliphatic rings. The Balaban J connectivity index is 1.93. The van der Waals surface area contributed by atoms with Gasteiger partial charge in [-0.2, -0.15) is 0 Å². The van der Waals surface area contributed by atoms with Gasteiger partial charge < -0.3 is 10.2 Å². The highest BCUT2D eigenvalue weighted by Crippen LogP contribution is 2.36. The Morgan fingerprint density at radius 2 is 2.10 bits per heavy atom. The third kappa shape index (κ3) is 2.68. The second-order valence-electron chi connectivity index (χ2n) is 5.81. The molecule has 0 aliphatic carbocycles. The highest BCUT2D eigenvalue weighted by Gasteiger charge is 2.31. The summed E-state index contributed by atoms with van der Waals surface area (Å²) >= 11 is 0. The van der Waals surface area contributed by atoms with Gasteiger partial charge in [-0.3, -0.25) is 15.0 Å². The van der Waals surface area contributed by atoms with E-state index < -0.39 is 0 Å². The minimum Gasteiger partial charge on any atom is -0.382 e. The average Bonchev–Trinajstić information content (AvgIpc) is 2.83. The van der Waals surface area contributed by atoms with Crippen LogP contribution >= 0.6 is 0 Å². The summed E-state index contributed by atoms with van der Waals surface area (Å²) in [4.78, 5) is 16.0. The van der Waals surface area contributed by atoms with Gasteiger partial charge in [0.2, 0.25) is 0 Å². The van der Waals surface area contributed by atoms with Gasteiger partial charge in [0.1, 0.15) is 11.4 Å². The Kier molecular flexibility index (Phi) is 3.96. The number of fused-ring (bicyclic) bond motifs is 1. The lowest BCUT2D eigenvalue weighted by Gasteiger charge is -2.27. The van der Waals surface area contributed by atoms with E-state index in [1.165, 1.54) is 19.4 Å². The van der Waals surface area contributed by atoms with Crippen LogP contribution in [0.1, 0.15) is 19.3 Å². The molecule has 0 amide bonds. The van der Waals surface area contributed by atoms with E-state index in [0.29, 0.717) is 11.7 Å². The fourth-order valence-electron chi connectivity index (χ4n) is 3.61. The van der Waals surface area contributed by atoms with Gasteiger partial charge in [0.15, 0.2) is 0 Å². The van der Waals surface area contributed by atoms with Crippen molar-refractivity contribution in [2.24, 2.45) is 0 Å². The molecule has 1 unspecified atom stereocenters. The van der Waals surface area contributed by atoms with Crippen LogP contribution in [0.3, 0.4) is 0 Å². The number of hydrogen-bond donors (Lipinski definition) is 1. The molecule has 0 bridgehead atoms. The molecule has 1 aromatic rings. The van der Waals surface area contributed by atoms with E-state index in [0.717, 1.165) is 31.7 Å². The maximum atomic E-state index is 11.5. The fourth-order valence-corrected chi connectivity index (χ4v) is 3.61. The number of anilines is 2. The molecule has 1 aromatic carbocycles. The number of rotatable bonds is 3. The number of para-hydroxylation sites is 1. The Labute approximate surface area is 124 Å². The zero-order valence-electron chi connectivity index (χ0n) is 12.4. The maximum absolute atomic E-state index is 11.5. The van der Waals surface area contributed by atoms with Gasteiger partial charge in [-0.15, -0.1) is 0 Å². The van der Waals surface area contributed by atoms with E-state index in [1.54, 1.807) is 13.1 Å². The van der Waals surface area contributed by atoms with Crippen molar-refractivity contribution in [2.75, 3.05) is 43.4 Å². The van der Waals surface area contributed by atoms with Gasteiger partial charge >= 0.3 is 5.69 Å². The molecule has 1 atom stereocenters. The van der Waals surface area contributed by atoms with Crippen LogP contribution in [-0.4, -0.2) is 49.1 Å². The van der Waals surface area contributed by atoms with Gasteiger partial charge in [0.05, 0.1) is 4.92 Å². The molecule has 2 fully saturated rings. The largest absolute Gasteiger partial charge is 0.382 e. The van der Waals surface area contributed by atoms with Gasteiger partial charge in [-0.1, -0.05) is 6.07 Å². The van der Waals surface area contributed by atoms with Crippen molar-refractivity contribution < 1.29 is 4.92 Å². The summed E-state index contributed by atoms with van der Waals surface area (Å²) in [6, 6.07) is 6.08. The van der Waals surface area contributed by atoms with Crippen molar-refractivity contribution in [1.82, 2.24) is 4.90 Å². The van der Waals surface area contributed by atoms with Crippen LogP contribution in [0.5, 0.6) is 0 Å². The third-order valence-electron chi connectivity index (χ3n) is 4.61. The summed E-state index contributed by atoms with van der Waals surface area (Å²) in [5.41, 5.74) is 1.54. The van der Waals surface area contributed by atoms with E-state index in [9.17, 15) is 10.1 Å². The Morgan fingerprint density at radius 3 is 2.86 bits per heavy atom. The lowest BCUT2D eigenvalue weighted by atomic mass is 10.1. The number of nitro benzene ring substituents is 1. The Morgan fingerprint density at radius 1 is 1.29 bits per heavy atom. The Bertz CT molecular complexity index is 534. The van der Waals surface area contributed by atoms with Crippen LogP contribution in [0.15, 0.2) is 18.2 Å². The first-order chi connectivity index (χ1) is 10.2. The summed E-state index contributed by atoms with van der Waals surface area (Å²) in [5.74, 6) is 0. The molecule has 0 saturated carbocycles. The first kappa shape index (κ1) is 14.1. The van der Waals surface area contributed by atoms with Crippen molar-refractivity contribution in [3.63, 3.8) is 0 Å². The first-order valence-corrected chi connectivity index (χ1v) is 7.65. The summed E-state index contributed by atoms with van der Waals surface area (Å²) in [5, 5.41) is 14.4. The lowest BCUT2D eigenvalue weighted by molar-refractivity contribution is -0.383. The smallest absolute Gasteiger partial charge is 0.315 e. The summed E-state index contributed by atoms with van der Waals surface area (Å²) < 4.78 is 0. The number of hydrogen-bond acceptors (Lipinski definition) is 5. The monoisotopic (exact) mass is 290 g/mol. The normalized spacial score (nSPS) is 22.7. The van der Waals surface area contributed by atoms with Gasteiger partial charge in [0.25, 0.3) is 0 Å². The highest BCUT2D eigenvalue weighted by atomic mass is 16.6. The van der Waals surface area contributed by atoms with E-state index in [1.807, 2.05) is 12.1 Å². The highest BCUT2D eigenvalue weighted by molar-refractivity contribution is 5.77. The van der Waals surface area contributed by atoms with Gasteiger partial charge in [-0.05, 0) is 37.9 Å². The van der Waals surface area contributed by atoms with Crippen LogP contribution in [0.4, 0.5) is 17.1 Å². The minimum absolute atomic E-state index is 0.200. The topological polar surface area (TPSA) is 61.6 Å². The molecule has 0 radical (unpaired) electrons. The van der Waals surface area contributed by atoms with Crippen molar-refractivity contribution in [3.05, 3.63) is 28.3 Å². The van der Waals surface area contributed by atoms with Crippen molar-refractivity contribution in [3.8, 4) is 0 Å². The summed E-state index contributed by atoms with van der Waals surface area (Å²) in [6.07, 6.45) is 3.52. The van der Waals surface area contributed by atoms with Crippen molar-refractivity contribution >= 4 is 17.1 Å². The molecular weight excluding hydrogens is 268 g/mol. The van der Waals surface area contributed by atoms with Crippen LogP contribution < -0.4 is 10.2 Å². The van der Waals surface area contributed by atoms with Crippen LogP contribution in [-0.2, 0) is 0 Å². The quantitative estimate of drug-likeness (QED) is 0.683. The second-order valence-corrected chi connectivity index (χ2v) is 5.81. The number of nitro groups is 1. The van der Waals surface area contributed by atoms with E-state index in [-0.39, 0.29) is 10.6 Å². The molecule has 2 saturated heterocycles. The molecule has 1 N–H and O–H groups in total. The number of nitrogens with one attached hydrogen (secondary N) is 1. The molecule has 21 heavy (non-hydrogen) atoms. The molecule has 2 aliphatic heterocycles. The zero-order valence-corrected chi connectivity index (χ0v) is 12.4. The fraction of sp³-hybridized carbons (Fsp3) is 0.600. The molecule has 6 heteroatoms. The summed E-state index contributed by atoms with van der Waals surface area (Å²) in [6.45, 7) is 4.08. The molecule has 0 spiro atoms. The predicted octanol–water partition coefficient (Wildman–Crippen LogP) is 2.31. The standard InChI is InChI=1S/C15H22N4O2/c1-16-13-6-2-7-14(15(13)19(20)21)18-10-4-9-17-8-3-5-12(17)11-18/h2,6-7,12,16H,3-5,8-11H2,1H3. The molecular formula is C15H22N4O2. The average molecular weight is 290 g/mol. The molecule has 0 aromatic heterocycles. The van der Waals surface area contributed by atoms with E-state index in [4.69, 9.17) is 0 Å². The molecule has 2 heterocycles. The predicted molar refractivity (Wildman–Crippen MR) is 84.1 cm³/mol. The first-order valence-electron chi connectivity index (χ1n) is 7.65. The van der Waals surface area contributed by atoms with Gasteiger partial charge in [-0.25, -0.2) is 0 Å². The van der Waals surface area contributed by atoms with Crippen LogP contribution in [0, 0.1) is 10.1 Å². The van der Waals surface area contributed by atoms with E-state index >= 15 is 0 Å². The Hall–Kier alpha value is -1.82. The zero-order chi connectivity index (χ0) is 14.8. The van der Waals surface area contributed by atoms with Gasteiger partial charge in [0, 0.05) is 32.7 Å². The third-order valence-corrected chi connectivity index (χ3v) is 4.61. The van der Waals surface area contributed by atoms with E-state index in [2.05, 4.69) is 15.1 Å². The number of benzene rings is 1. The van der Waals surface area contributed by atoms with Crippen LogP contribution in [0.2, 0.25) is 0 Å². The SMILES string of the molecule is CNc1cccc(N2CCCN3CCCC3C2)c1[N+](=O)[O-].